The molecule has 0 bridgehead atoms. The van der Waals surface area contributed by atoms with Crippen LogP contribution in [-0.2, 0) is 11.2 Å². The van der Waals surface area contributed by atoms with E-state index in [9.17, 15) is 18.4 Å². The summed E-state index contributed by atoms with van der Waals surface area (Å²) in [6.07, 6.45) is 3.17. The van der Waals surface area contributed by atoms with Crippen LogP contribution in [-0.4, -0.2) is 53.5 Å². The van der Waals surface area contributed by atoms with Crippen LogP contribution >= 0.6 is 0 Å². The summed E-state index contributed by atoms with van der Waals surface area (Å²) < 4.78 is 27.4. The number of urea groups is 1. The molecule has 0 radical (unpaired) electrons. The van der Waals surface area contributed by atoms with E-state index in [1.165, 1.54) is 11.1 Å². The lowest BCUT2D eigenvalue weighted by Gasteiger charge is -2.28. The minimum absolute atomic E-state index is 0.0297. The molecule has 4 rings (SSSR count). The molecule has 7 nitrogen and oxygen atoms in total. The summed E-state index contributed by atoms with van der Waals surface area (Å²) in [5, 5.41) is 0. The highest BCUT2D eigenvalue weighted by atomic mass is 19.1. The second kappa shape index (κ2) is 7.14. The number of carbonyl (C=O) groups is 2. The lowest BCUT2D eigenvalue weighted by Crippen LogP contribution is -2.51. The average molecular weight is 387 g/mol. The maximum atomic E-state index is 14.0. The first-order valence-electron chi connectivity index (χ1n) is 9.05. The summed E-state index contributed by atoms with van der Waals surface area (Å²) >= 11 is 0. The van der Waals surface area contributed by atoms with Gasteiger partial charge in [0.25, 0.3) is 0 Å². The second-order valence-corrected chi connectivity index (χ2v) is 6.91. The van der Waals surface area contributed by atoms with E-state index in [1.807, 2.05) is 0 Å². The molecule has 2 aromatic rings. The van der Waals surface area contributed by atoms with E-state index in [4.69, 9.17) is 0 Å². The van der Waals surface area contributed by atoms with Crippen LogP contribution in [0.1, 0.15) is 24.2 Å². The highest BCUT2D eigenvalue weighted by molar-refractivity contribution is 6.02. The lowest BCUT2D eigenvalue weighted by molar-refractivity contribution is -0.108. The van der Waals surface area contributed by atoms with Crippen molar-refractivity contribution in [1.82, 2.24) is 14.9 Å². The van der Waals surface area contributed by atoms with E-state index >= 15 is 0 Å². The van der Waals surface area contributed by atoms with Gasteiger partial charge in [-0.3, -0.25) is 4.79 Å². The monoisotopic (exact) mass is 387 g/mol. The Labute approximate surface area is 160 Å². The molecule has 0 aliphatic carbocycles. The normalized spacial score (nSPS) is 18.5. The lowest BCUT2D eigenvalue weighted by atomic mass is 10.1. The average Bonchev–Trinajstić information content (AvgIpc) is 3.31. The van der Waals surface area contributed by atoms with E-state index in [1.54, 1.807) is 16.8 Å². The summed E-state index contributed by atoms with van der Waals surface area (Å²) in [7, 11) is 1.68. The van der Waals surface area contributed by atoms with Gasteiger partial charge in [0.15, 0.2) is 18.3 Å². The first-order valence-corrected chi connectivity index (χ1v) is 9.05. The predicted octanol–water partition coefficient (Wildman–Crippen LogP) is 2.34. The summed E-state index contributed by atoms with van der Waals surface area (Å²) in [5.74, 6) is -0.566. The highest BCUT2D eigenvalue weighted by Crippen LogP contribution is 2.37. The van der Waals surface area contributed by atoms with Crippen molar-refractivity contribution in [3.8, 4) is 0 Å². The molecule has 1 saturated heterocycles. The fourth-order valence-electron chi connectivity index (χ4n) is 3.62. The molecule has 2 aliphatic heterocycles. The fraction of sp³-hybridized carbons (Fsp3) is 0.368. The number of anilines is 2. The van der Waals surface area contributed by atoms with Crippen LogP contribution in [0.25, 0.3) is 0 Å². The summed E-state index contributed by atoms with van der Waals surface area (Å²) in [5.41, 5.74) is 0.656. The zero-order valence-corrected chi connectivity index (χ0v) is 15.3. The van der Waals surface area contributed by atoms with Gasteiger partial charge in [0.2, 0.25) is 0 Å². The summed E-state index contributed by atoms with van der Waals surface area (Å²) in [4.78, 5) is 38.0. The summed E-state index contributed by atoms with van der Waals surface area (Å²) in [6.45, 7) is 1.26. The third-order valence-electron chi connectivity index (χ3n) is 5.13. The standard InChI is InChI=1S/C19H19F2N5O2/c1-24-15-10-22-16(9-12-8-13(20)4-5-14(12)21)23-18(15)26(17(24)11-27)19(28)25-6-2-3-7-25/h4-5,8,10-11,17H,2-3,6-7,9H2,1H3. The van der Waals surface area contributed by atoms with Crippen LogP contribution in [0.4, 0.5) is 25.1 Å². The Morgan fingerprint density at radius 1 is 1.29 bits per heavy atom. The number of carbonyl (C=O) groups excluding carboxylic acids is 2. The zero-order chi connectivity index (χ0) is 19.8. The minimum atomic E-state index is -0.821. The molecule has 2 amide bonds. The van der Waals surface area contributed by atoms with Crippen molar-refractivity contribution in [1.29, 1.82) is 0 Å². The fourth-order valence-corrected chi connectivity index (χ4v) is 3.62. The molecule has 1 atom stereocenters. The smallest absolute Gasteiger partial charge is 0.327 e. The molecule has 2 aliphatic rings. The molecular weight excluding hydrogens is 368 g/mol. The molecule has 0 spiro atoms. The SMILES string of the molecule is CN1c2cnc(Cc3cc(F)ccc3F)nc2N(C(=O)N2CCCC2)C1C=O. The Bertz CT molecular complexity index is 933. The number of likely N-dealkylation sites (tertiary alicyclic amines) is 1. The van der Waals surface area contributed by atoms with Crippen LogP contribution < -0.4 is 9.80 Å². The van der Waals surface area contributed by atoms with Gasteiger partial charge in [-0.05, 0) is 36.6 Å². The van der Waals surface area contributed by atoms with Crippen LogP contribution in [0.3, 0.4) is 0 Å². The first-order chi connectivity index (χ1) is 13.5. The van der Waals surface area contributed by atoms with Crippen LogP contribution in [0.15, 0.2) is 24.4 Å². The summed E-state index contributed by atoms with van der Waals surface area (Å²) in [6, 6.07) is 2.90. The maximum Gasteiger partial charge on any atom is 0.327 e. The Morgan fingerprint density at radius 2 is 2.04 bits per heavy atom. The first kappa shape index (κ1) is 18.3. The van der Waals surface area contributed by atoms with Crippen molar-refractivity contribution in [3.05, 3.63) is 47.4 Å². The van der Waals surface area contributed by atoms with Gasteiger partial charge in [0.05, 0.1) is 6.20 Å². The molecule has 1 aromatic heterocycles. The number of hydrogen-bond donors (Lipinski definition) is 0. The van der Waals surface area contributed by atoms with Crippen molar-refractivity contribution in [2.24, 2.45) is 0 Å². The maximum absolute atomic E-state index is 14.0. The molecule has 1 fully saturated rings. The van der Waals surface area contributed by atoms with E-state index in [-0.39, 0.29) is 23.8 Å². The van der Waals surface area contributed by atoms with Gasteiger partial charge in [0.1, 0.15) is 23.1 Å². The van der Waals surface area contributed by atoms with Crippen LogP contribution in [0.2, 0.25) is 0 Å². The van der Waals surface area contributed by atoms with Crippen LogP contribution in [0.5, 0.6) is 0 Å². The largest absolute Gasteiger partial charge is 0.344 e. The van der Waals surface area contributed by atoms with E-state index in [0.29, 0.717) is 30.9 Å². The quantitative estimate of drug-likeness (QED) is 0.757. The highest BCUT2D eigenvalue weighted by Gasteiger charge is 2.41. The van der Waals surface area contributed by atoms with Crippen molar-refractivity contribution >= 4 is 23.8 Å². The number of rotatable bonds is 3. The third-order valence-corrected chi connectivity index (χ3v) is 5.13. The molecule has 28 heavy (non-hydrogen) atoms. The topological polar surface area (TPSA) is 69.6 Å². The number of amides is 2. The Balaban J connectivity index is 1.70. The van der Waals surface area contributed by atoms with Gasteiger partial charge in [-0.1, -0.05) is 0 Å². The van der Waals surface area contributed by atoms with Gasteiger partial charge in [-0.2, -0.15) is 0 Å². The van der Waals surface area contributed by atoms with Gasteiger partial charge < -0.3 is 9.80 Å². The van der Waals surface area contributed by atoms with Gasteiger partial charge >= 0.3 is 6.03 Å². The number of likely N-dealkylation sites (N-methyl/N-ethyl adjacent to an activating group) is 1. The number of fused-ring (bicyclic) bond motifs is 1. The molecular formula is C19H19F2N5O2. The minimum Gasteiger partial charge on any atom is -0.344 e. The number of aromatic nitrogens is 2. The second-order valence-electron chi connectivity index (χ2n) is 6.91. The Hall–Kier alpha value is -3.10. The molecule has 3 heterocycles. The number of halogens is 2. The number of benzene rings is 1. The van der Waals surface area contributed by atoms with Gasteiger partial charge in [-0.25, -0.2) is 28.4 Å². The molecule has 146 valence electrons. The van der Waals surface area contributed by atoms with Gasteiger partial charge in [0, 0.05) is 26.6 Å². The zero-order valence-electron chi connectivity index (χ0n) is 15.3. The predicted molar refractivity (Wildman–Crippen MR) is 98.1 cm³/mol. The van der Waals surface area contributed by atoms with Crippen molar-refractivity contribution < 1.29 is 18.4 Å². The van der Waals surface area contributed by atoms with E-state index in [2.05, 4.69) is 9.97 Å². The Kier molecular flexibility index (Phi) is 4.66. The van der Waals surface area contributed by atoms with Crippen molar-refractivity contribution in [2.45, 2.75) is 25.4 Å². The molecule has 1 unspecified atom stereocenters. The third kappa shape index (κ3) is 3.06. The number of aldehydes is 1. The Morgan fingerprint density at radius 3 is 2.75 bits per heavy atom. The molecule has 0 saturated carbocycles. The van der Waals surface area contributed by atoms with Crippen LogP contribution in [0, 0.1) is 11.6 Å². The number of hydrogen-bond acceptors (Lipinski definition) is 5. The van der Waals surface area contributed by atoms with E-state index < -0.39 is 17.8 Å². The molecule has 0 N–H and O–H groups in total. The number of nitrogens with zero attached hydrogens (tertiary/aromatic N) is 5. The van der Waals surface area contributed by atoms with Crippen molar-refractivity contribution in [2.75, 3.05) is 29.9 Å². The van der Waals surface area contributed by atoms with Gasteiger partial charge in [-0.15, -0.1) is 0 Å². The molecule has 9 heteroatoms. The van der Waals surface area contributed by atoms with Crippen molar-refractivity contribution in [3.63, 3.8) is 0 Å². The molecule has 1 aromatic carbocycles. The van der Waals surface area contributed by atoms with E-state index in [0.717, 1.165) is 31.0 Å².